The maximum Gasteiger partial charge on any atom is 0.0683 e. The van der Waals surface area contributed by atoms with Gasteiger partial charge in [-0.25, -0.2) is 0 Å². The van der Waals surface area contributed by atoms with Crippen LogP contribution in [-0.4, -0.2) is 7.05 Å². The second kappa shape index (κ2) is 5.66. The van der Waals surface area contributed by atoms with Gasteiger partial charge in [-0.1, -0.05) is 50.6 Å². The molecular weight excluding hydrogens is 274 g/mol. The molecule has 102 valence electrons. The molecule has 0 bridgehead atoms. The molecule has 2 rings (SSSR count). The topological polar surface area (TPSA) is 12.0 Å². The highest BCUT2D eigenvalue weighted by molar-refractivity contribution is 7.12. The lowest BCUT2D eigenvalue weighted by molar-refractivity contribution is 0.604. The van der Waals surface area contributed by atoms with E-state index < -0.39 is 0 Å². The molecule has 0 aliphatic carbocycles. The van der Waals surface area contributed by atoms with Gasteiger partial charge in [0.25, 0.3) is 0 Å². The minimum Gasteiger partial charge on any atom is -0.309 e. The van der Waals surface area contributed by atoms with Crippen molar-refractivity contribution >= 4 is 22.9 Å². The third-order valence-electron chi connectivity index (χ3n) is 3.16. The predicted octanol–water partition coefficient (Wildman–Crippen LogP) is 5.01. The molecule has 3 heteroatoms. The Kier molecular flexibility index (Phi) is 4.34. The summed E-state index contributed by atoms with van der Waals surface area (Å²) in [5, 5.41) is 4.18. The fourth-order valence-electron chi connectivity index (χ4n) is 2.07. The zero-order valence-electron chi connectivity index (χ0n) is 11.8. The Morgan fingerprint density at radius 3 is 2.32 bits per heavy atom. The van der Waals surface area contributed by atoms with E-state index in [-0.39, 0.29) is 11.5 Å². The molecule has 19 heavy (non-hydrogen) atoms. The second-order valence-corrected chi connectivity index (χ2v) is 7.22. The molecule has 0 aliphatic heterocycles. The summed E-state index contributed by atoms with van der Waals surface area (Å²) in [5.41, 5.74) is 1.33. The monoisotopic (exact) mass is 293 g/mol. The Hall–Kier alpha value is -0.830. The first-order chi connectivity index (χ1) is 8.93. The highest BCUT2D eigenvalue weighted by Gasteiger charge is 2.21. The molecule has 1 unspecified atom stereocenters. The summed E-state index contributed by atoms with van der Waals surface area (Å²) in [6, 6.07) is 12.6. The molecule has 1 heterocycles. The molecule has 0 spiro atoms. The van der Waals surface area contributed by atoms with Crippen molar-refractivity contribution in [3.63, 3.8) is 0 Å². The molecule has 0 aliphatic rings. The van der Waals surface area contributed by atoms with E-state index in [0.717, 1.165) is 10.6 Å². The van der Waals surface area contributed by atoms with Crippen molar-refractivity contribution in [3.05, 3.63) is 56.7 Å². The number of nitrogens with one attached hydrogen (secondary N) is 1. The third kappa shape index (κ3) is 3.19. The lowest BCUT2D eigenvalue weighted by atomic mass is 9.95. The van der Waals surface area contributed by atoms with Crippen LogP contribution in [0.1, 0.15) is 42.1 Å². The summed E-state index contributed by atoms with van der Waals surface area (Å²) in [6.45, 7) is 6.73. The van der Waals surface area contributed by atoms with Gasteiger partial charge in [-0.15, -0.1) is 11.3 Å². The average Bonchev–Trinajstić information content (AvgIpc) is 2.82. The van der Waals surface area contributed by atoms with Gasteiger partial charge in [0.05, 0.1) is 6.04 Å². The molecule has 1 atom stereocenters. The molecule has 0 saturated heterocycles. The highest BCUT2D eigenvalue weighted by atomic mass is 35.5. The van der Waals surface area contributed by atoms with Gasteiger partial charge in [-0.2, -0.15) is 0 Å². The maximum absolute atomic E-state index is 6.31. The Labute approximate surface area is 124 Å². The van der Waals surface area contributed by atoms with Crippen molar-refractivity contribution < 1.29 is 0 Å². The Bertz CT molecular complexity index is 554. The van der Waals surface area contributed by atoms with Crippen molar-refractivity contribution in [2.45, 2.75) is 32.2 Å². The van der Waals surface area contributed by atoms with E-state index in [0.29, 0.717) is 0 Å². The van der Waals surface area contributed by atoms with Crippen LogP contribution < -0.4 is 5.32 Å². The molecule has 1 aromatic carbocycles. The van der Waals surface area contributed by atoms with E-state index in [1.807, 2.05) is 36.6 Å². The maximum atomic E-state index is 6.31. The summed E-state index contributed by atoms with van der Waals surface area (Å²) in [5.74, 6) is 0. The third-order valence-corrected chi connectivity index (χ3v) is 5.08. The smallest absolute Gasteiger partial charge is 0.0683 e. The standard InChI is InChI=1S/C16H20ClNS/c1-16(2,3)14-10-9-13(19-14)15(18-4)11-7-5-6-8-12(11)17/h5-10,15,18H,1-4H3. The summed E-state index contributed by atoms with van der Waals surface area (Å²) in [6.07, 6.45) is 0. The lowest BCUT2D eigenvalue weighted by Crippen LogP contribution is -2.16. The van der Waals surface area contributed by atoms with E-state index in [1.54, 1.807) is 0 Å². The van der Waals surface area contributed by atoms with Crippen molar-refractivity contribution in [3.8, 4) is 0 Å². The zero-order chi connectivity index (χ0) is 14.0. The lowest BCUT2D eigenvalue weighted by Gasteiger charge is -2.18. The van der Waals surface area contributed by atoms with Gasteiger partial charge < -0.3 is 5.32 Å². The van der Waals surface area contributed by atoms with Crippen molar-refractivity contribution in [1.82, 2.24) is 5.32 Å². The normalized spacial score (nSPS) is 13.5. The van der Waals surface area contributed by atoms with Crippen LogP contribution in [0, 0.1) is 0 Å². The number of hydrogen-bond acceptors (Lipinski definition) is 2. The van der Waals surface area contributed by atoms with E-state index in [1.165, 1.54) is 9.75 Å². The summed E-state index contributed by atoms with van der Waals surface area (Å²) < 4.78 is 0. The summed E-state index contributed by atoms with van der Waals surface area (Å²) in [4.78, 5) is 2.70. The van der Waals surface area contributed by atoms with Crippen LogP contribution in [0.15, 0.2) is 36.4 Å². The minimum absolute atomic E-state index is 0.162. The molecule has 1 nitrogen and oxygen atoms in total. The van der Waals surface area contributed by atoms with Gasteiger partial charge in [0.1, 0.15) is 0 Å². The van der Waals surface area contributed by atoms with Crippen LogP contribution in [-0.2, 0) is 5.41 Å². The van der Waals surface area contributed by atoms with E-state index in [2.05, 4.69) is 44.3 Å². The van der Waals surface area contributed by atoms with Gasteiger partial charge in [0, 0.05) is 14.8 Å². The van der Waals surface area contributed by atoms with Crippen LogP contribution in [0.4, 0.5) is 0 Å². The van der Waals surface area contributed by atoms with Crippen LogP contribution in [0.25, 0.3) is 0 Å². The van der Waals surface area contributed by atoms with Crippen molar-refractivity contribution in [1.29, 1.82) is 0 Å². The average molecular weight is 294 g/mol. The van der Waals surface area contributed by atoms with Crippen LogP contribution in [0.2, 0.25) is 5.02 Å². The number of benzene rings is 1. The van der Waals surface area contributed by atoms with Crippen LogP contribution in [0.5, 0.6) is 0 Å². The fraction of sp³-hybridized carbons (Fsp3) is 0.375. The molecular formula is C16H20ClNS. The van der Waals surface area contributed by atoms with Crippen molar-refractivity contribution in [2.75, 3.05) is 7.05 Å². The summed E-state index contributed by atoms with van der Waals surface area (Å²) >= 11 is 8.16. The first-order valence-corrected chi connectivity index (χ1v) is 7.65. The van der Waals surface area contributed by atoms with Gasteiger partial charge in [0.2, 0.25) is 0 Å². The highest BCUT2D eigenvalue weighted by Crippen LogP contribution is 2.36. The van der Waals surface area contributed by atoms with E-state index in [9.17, 15) is 0 Å². The number of thiophene rings is 1. The quantitative estimate of drug-likeness (QED) is 0.839. The summed E-state index contributed by atoms with van der Waals surface area (Å²) in [7, 11) is 1.98. The Morgan fingerprint density at radius 1 is 1.11 bits per heavy atom. The molecule has 0 saturated carbocycles. The van der Waals surface area contributed by atoms with Gasteiger partial charge in [0.15, 0.2) is 0 Å². The minimum atomic E-state index is 0.162. The number of rotatable bonds is 3. The second-order valence-electron chi connectivity index (χ2n) is 5.70. The predicted molar refractivity (Wildman–Crippen MR) is 85.4 cm³/mol. The number of hydrogen-bond donors (Lipinski definition) is 1. The van der Waals surface area contributed by atoms with E-state index in [4.69, 9.17) is 11.6 Å². The molecule has 0 amide bonds. The first kappa shape index (κ1) is 14.6. The Morgan fingerprint density at radius 2 is 1.79 bits per heavy atom. The molecule has 0 radical (unpaired) electrons. The molecule has 1 N–H and O–H groups in total. The molecule has 2 aromatic rings. The molecule has 0 fully saturated rings. The fourth-order valence-corrected chi connectivity index (χ4v) is 3.51. The van der Waals surface area contributed by atoms with Gasteiger partial charge >= 0.3 is 0 Å². The first-order valence-electron chi connectivity index (χ1n) is 6.45. The SMILES string of the molecule is CNC(c1ccc(C(C)(C)C)s1)c1ccccc1Cl. The van der Waals surface area contributed by atoms with E-state index >= 15 is 0 Å². The Balaban J connectivity index is 2.38. The largest absolute Gasteiger partial charge is 0.309 e. The van der Waals surface area contributed by atoms with Crippen molar-refractivity contribution in [2.24, 2.45) is 0 Å². The zero-order valence-corrected chi connectivity index (χ0v) is 13.4. The van der Waals surface area contributed by atoms with Gasteiger partial charge in [-0.05, 0) is 36.2 Å². The van der Waals surface area contributed by atoms with Gasteiger partial charge in [-0.3, -0.25) is 0 Å². The molecule has 1 aromatic heterocycles. The van der Waals surface area contributed by atoms with Crippen LogP contribution >= 0.6 is 22.9 Å². The van der Waals surface area contributed by atoms with Crippen LogP contribution in [0.3, 0.4) is 0 Å². The number of halogens is 1.